The number of nitriles is 4. The van der Waals surface area contributed by atoms with Crippen LogP contribution in [0.25, 0.3) is 33.5 Å². The lowest BCUT2D eigenvalue weighted by molar-refractivity contribution is 0.839. The number of aromatic nitrogens is 6. The molecule has 0 fully saturated rings. The van der Waals surface area contributed by atoms with Gasteiger partial charge in [-0.25, -0.2) is 9.36 Å². The van der Waals surface area contributed by atoms with E-state index < -0.39 is 0 Å². The number of hydrogen-bond donors (Lipinski definition) is 0. The fraction of sp³-hybridized carbons (Fsp3) is 0. The van der Waals surface area contributed by atoms with Crippen LogP contribution in [0.2, 0.25) is 0 Å². The topological polar surface area (TPSA) is 157 Å². The summed E-state index contributed by atoms with van der Waals surface area (Å²) in [6.45, 7) is 0. The predicted octanol–water partition coefficient (Wildman–Crippen LogP) is 5.48. The normalized spacial score (nSPS) is 9.81. The van der Waals surface area contributed by atoms with Gasteiger partial charge >= 0.3 is 0 Å². The highest BCUT2D eigenvalue weighted by atomic mass is 15.4. The maximum absolute atomic E-state index is 9.24. The summed E-state index contributed by atoms with van der Waals surface area (Å²) in [5, 5.41) is 53.3. The van der Waals surface area contributed by atoms with Gasteiger partial charge in [0.1, 0.15) is 46.7 Å². The Labute approximate surface area is 240 Å². The summed E-state index contributed by atoms with van der Waals surface area (Å²) >= 11 is 0. The zero-order valence-electron chi connectivity index (χ0n) is 21.9. The first-order chi connectivity index (χ1) is 20.7. The Bertz CT molecular complexity index is 1940. The highest BCUT2D eigenvalue weighted by molar-refractivity contribution is 5.85. The van der Waals surface area contributed by atoms with E-state index in [1.807, 2.05) is 133 Å². The minimum absolute atomic E-state index is 0.00291. The number of benzene rings is 4. The molecule has 0 aliphatic heterocycles. The largest absolute Gasteiger partial charge is 0.210 e. The van der Waals surface area contributed by atoms with Crippen LogP contribution in [0.5, 0.6) is 0 Å². The molecule has 0 aliphatic rings. The van der Waals surface area contributed by atoms with Crippen LogP contribution in [0.15, 0.2) is 120 Å². The Balaban J connectivity index is 0.000000168. The summed E-state index contributed by atoms with van der Waals surface area (Å²) in [6, 6.07) is 41.0. The quantitative estimate of drug-likeness (QED) is 0.265. The van der Waals surface area contributed by atoms with Crippen molar-refractivity contribution in [2.75, 3.05) is 0 Å². The highest BCUT2D eigenvalue weighted by Crippen LogP contribution is 2.25. The van der Waals surface area contributed by atoms with Crippen molar-refractivity contribution in [3.63, 3.8) is 0 Å². The molecule has 4 aromatic carbocycles. The van der Waals surface area contributed by atoms with Crippen molar-refractivity contribution in [2.24, 2.45) is 0 Å². The molecule has 0 N–H and O–H groups in total. The molecule has 196 valence electrons. The van der Waals surface area contributed by atoms with E-state index in [9.17, 15) is 21.0 Å². The van der Waals surface area contributed by atoms with Gasteiger partial charge in [-0.3, -0.25) is 0 Å². The van der Waals surface area contributed by atoms with Crippen molar-refractivity contribution in [2.45, 2.75) is 0 Å². The second kappa shape index (κ2) is 12.3. The minimum atomic E-state index is -0.00291. The molecule has 10 heteroatoms. The first kappa shape index (κ1) is 26.7. The van der Waals surface area contributed by atoms with Crippen molar-refractivity contribution in [1.82, 2.24) is 30.0 Å². The first-order valence-electron chi connectivity index (χ1n) is 12.5. The number of hydrogen-bond acceptors (Lipinski definition) is 8. The third-order valence-electron chi connectivity index (χ3n) is 6.14. The van der Waals surface area contributed by atoms with Crippen molar-refractivity contribution in [1.29, 1.82) is 21.0 Å². The van der Waals surface area contributed by atoms with Crippen LogP contribution < -0.4 is 0 Å². The SMILES string of the molecule is N#CC(C#N)=C(c1ccccc1)n1nnc2ccccc21.N#CC(C#N)=C(c1ccccc1)n1nnc2ccccc21. The Hall–Kier alpha value is -6.88. The van der Waals surface area contributed by atoms with E-state index in [0.717, 1.165) is 22.2 Å². The number of para-hydroxylation sites is 2. The summed E-state index contributed by atoms with van der Waals surface area (Å²) in [5.41, 5.74) is 5.27. The van der Waals surface area contributed by atoms with Crippen LogP contribution in [0.4, 0.5) is 0 Å². The van der Waals surface area contributed by atoms with Crippen LogP contribution in [-0.2, 0) is 0 Å². The van der Waals surface area contributed by atoms with E-state index in [-0.39, 0.29) is 11.1 Å². The van der Waals surface area contributed by atoms with Gasteiger partial charge in [0.25, 0.3) is 0 Å². The Kier molecular flexibility index (Phi) is 7.84. The molecule has 6 rings (SSSR count). The van der Waals surface area contributed by atoms with Crippen molar-refractivity contribution in [3.05, 3.63) is 131 Å². The van der Waals surface area contributed by atoms with Gasteiger partial charge in [0.15, 0.2) is 11.1 Å². The van der Waals surface area contributed by atoms with Gasteiger partial charge in [-0.1, -0.05) is 95.4 Å². The molecule has 0 bridgehead atoms. The second-order valence-electron chi connectivity index (χ2n) is 8.61. The van der Waals surface area contributed by atoms with Crippen LogP contribution in [0.3, 0.4) is 0 Å². The van der Waals surface area contributed by atoms with Crippen LogP contribution in [0, 0.1) is 45.3 Å². The van der Waals surface area contributed by atoms with E-state index in [0.29, 0.717) is 22.4 Å². The summed E-state index contributed by atoms with van der Waals surface area (Å²) < 4.78 is 3.07. The standard InChI is InChI=1S/2C16H9N5/c2*17-10-13(11-18)16(12-6-2-1-3-7-12)21-15-9-5-4-8-14(15)19-20-21/h2*1-9H. The van der Waals surface area contributed by atoms with E-state index in [2.05, 4.69) is 20.6 Å². The lowest BCUT2D eigenvalue weighted by Crippen LogP contribution is -2.04. The fourth-order valence-electron chi connectivity index (χ4n) is 4.27. The molecule has 0 radical (unpaired) electrons. The average molecular weight is 543 g/mol. The maximum Gasteiger partial charge on any atom is 0.155 e. The average Bonchev–Trinajstić information content (AvgIpc) is 3.68. The number of rotatable bonds is 4. The van der Waals surface area contributed by atoms with Crippen molar-refractivity contribution >= 4 is 33.5 Å². The molecule has 2 aromatic heterocycles. The van der Waals surface area contributed by atoms with Gasteiger partial charge in [-0.15, -0.1) is 10.2 Å². The summed E-state index contributed by atoms with van der Waals surface area (Å²) in [6.07, 6.45) is 0. The summed E-state index contributed by atoms with van der Waals surface area (Å²) in [5.74, 6) is 0. The molecule has 0 saturated carbocycles. The Morgan fingerprint density at radius 2 is 0.786 bits per heavy atom. The van der Waals surface area contributed by atoms with Gasteiger partial charge in [0.2, 0.25) is 0 Å². The number of fused-ring (bicyclic) bond motifs is 2. The third kappa shape index (κ3) is 5.19. The molecular formula is C32H18N10. The molecular weight excluding hydrogens is 524 g/mol. The van der Waals surface area contributed by atoms with Gasteiger partial charge in [0, 0.05) is 11.1 Å². The smallest absolute Gasteiger partial charge is 0.155 e. The van der Waals surface area contributed by atoms with Crippen LogP contribution in [0.1, 0.15) is 11.1 Å². The van der Waals surface area contributed by atoms with Crippen molar-refractivity contribution < 1.29 is 0 Å². The molecule has 0 unspecified atom stereocenters. The predicted molar refractivity (Wildman–Crippen MR) is 155 cm³/mol. The van der Waals surface area contributed by atoms with Gasteiger partial charge in [0.05, 0.1) is 11.0 Å². The monoisotopic (exact) mass is 542 g/mol. The molecule has 0 aliphatic carbocycles. The third-order valence-corrected chi connectivity index (χ3v) is 6.14. The zero-order chi connectivity index (χ0) is 29.3. The van der Waals surface area contributed by atoms with Crippen LogP contribution in [-0.4, -0.2) is 30.0 Å². The minimum Gasteiger partial charge on any atom is -0.210 e. The summed E-state index contributed by atoms with van der Waals surface area (Å²) in [4.78, 5) is 0. The molecule has 6 aromatic rings. The molecule has 42 heavy (non-hydrogen) atoms. The van der Waals surface area contributed by atoms with Gasteiger partial charge in [-0.05, 0) is 24.3 Å². The van der Waals surface area contributed by atoms with E-state index in [1.165, 1.54) is 9.36 Å². The lowest BCUT2D eigenvalue weighted by Gasteiger charge is -2.08. The van der Waals surface area contributed by atoms with Gasteiger partial charge in [-0.2, -0.15) is 21.0 Å². The molecule has 0 atom stereocenters. The maximum atomic E-state index is 9.24. The zero-order valence-corrected chi connectivity index (χ0v) is 21.9. The van der Waals surface area contributed by atoms with E-state index >= 15 is 0 Å². The van der Waals surface area contributed by atoms with Gasteiger partial charge < -0.3 is 0 Å². The second-order valence-corrected chi connectivity index (χ2v) is 8.61. The lowest BCUT2D eigenvalue weighted by atomic mass is 10.1. The van der Waals surface area contributed by atoms with Crippen LogP contribution >= 0.6 is 0 Å². The molecule has 0 saturated heterocycles. The molecule has 2 heterocycles. The highest BCUT2D eigenvalue weighted by Gasteiger charge is 2.17. The molecule has 10 nitrogen and oxygen atoms in total. The Morgan fingerprint density at radius 1 is 0.452 bits per heavy atom. The van der Waals surface area contributed by atoms with Crippen molar-refractivity contribution in [3.8, 4) is 24.3 Å². The summed E-state index contributed by atoms with van der Waals surface area (Å²) in [7, 11) is 0. The first-order valence-corrected chi connectivity index (χ1v) is 12.5. The molecule has 0 spiro atoms. The molecule has 0 amide bonds. The van der Waals surface area contributed by atoms with E-state index in [4.69, 9.17) is 0 Å². The Morgan fingerprint density at radius 3 is 1.14 bits per heavy atom. The van der Waals surface area contributed by atoms with E-state index in [1.54, 1.807) is 0 Å². The fourth-order valence-corrected chi connectivity index (χ4v) is 4.27. The number of allylic oxidation sites excluding steroid dienone is 2. The number of nitrogens with zero attached hydrogens (tertiary/aromatic N) is 10.